The summed E-state index contributed by atoms with van der Waals surface area (Å²) in [4.78, 5) is 31.7. The summed E-state index contributed by atoms with van der Waals surface area (Å²) in [7, 11) is 0. The third-order valence-electron chi connectivity index (χ3n) is 5.90. The molecule has 0 spiro atoms. The minimum atomic E-state index is -0.241. The Balaban J connectivity index is 1.43. The van der Waals surface area contributed by atoms with E-state index in [2.05, 4.69) is 29.8 Å². The molecule has 1 atom stereocenters. The van der Waals surface area contributed by atoms with Crippen LogP contribution in [0.15, 0.2) is 24.3 Å². The second kappa shape index (κ2) is 7.33. The molecule has 0 bridgehead atoms. The predicted molar refractivity (Wildman–Crippen MR) is 104 cm³/mol. The number of para-hydroxylation sites is 2. The van der Waals surface area contributed by atoms with Gasteiger partial charge in [0.2, 0.25) is 11.8 Å². The SMILES string of the molecule is CC(C)n1c(CNC(=O)C2CC(=O)N(C3CCCC3)C2)nc2ccccc21. The third-order valence-corrected chi connectivity index (χ3v) is 5.90. The molecule has 27 heavy (non-hydrogen) atoms. The van der Waals surface area contributed by atoms with Crippen molar-refractivity contribution in [2.75, 3.05) is 6.54 Å². The maximum atomic E-state index is 12.7. The van der Waals surface area contributed by atoms with E-state index in [-0.39, 0.29) is 23.8 Å². The number of carbonyl (C=O) groups is 2. The number of nitrogens with one attached hydrogen (secondary N) is 1. The van der Waals surface area contributed by atoms with Crippen LogP contribution >= 0.6 is 0 Å². The Morgan fingerprint density at radius 1 is 1.26 bits per heavy atom. The molecule has 1 unspecified atom stereocenters. The number of hydrogen-bond acceptors (Lipinski definition) is 3. The van der Waals surface area contributed by atoms with E-state index in [1.165, 1.54) is 12.8 Å². The molecule has 1 aliphatic heterocycles. The zero-order valence-corrected chi connectivity index (χ0v) is 16.1. The van der Waals surface area contributed by atoms with Crippen molar-refractivity contribution in [3.05, 3.63) is 30.1 Å². The summed E-state index contributed by atoms with van der Waals surface area (Å²) < 4.78 is 2.17. The molecule has 4 rings (SSSR count). The highest BCUT2D eigenvalue weighted by Crippen LogP contribution is 2.29. The molecule has 144 valence electrons. The van der Waals surface area contributed by atoms with Crippen molar-refractivity contribution < 1.29 is 9.59 Å². The predicted octanol–water partition coefficient (Wildman–Crippen LogP) is 3.02. The highest BCUT2D eigenvalue weighted by Gasteiger charge is 2.38. The van der Waals surface area contributed by atoms with Gasteiger partial charge < -0.3 is 14.8 Å². The van der Waals surface area contributed by atoms with Crippen molar-refractivity contribution in [2.24, 2.45) is 5.92 Å². The fourth-order valence-corrected chi connectivity index (χ4v) is 4.58. The maximum absolute atomic E-state index is 12.7. The lowest BCUT2D eigenvalue weighted by molar-refractivity contribution is -0.130. The summed E-state index contributed by atoms with van der Waals surface area (Å²) in [5.74, 6) is 0.717. The molecular weight excluding hydrogens is 340 g/mol. The van der Waals surface area contributed by atoms with Crippen LogP contribution in [0.3, 0.4) is 0 Å². The fourth-order valence-electron chi connectivity index (χ4n) is 4.58. The van der Waals surface area contributed by atoms with Gasteiger partial charge in [0.05, 0.1) is 23.5 Å². The van der Waals surface area contributed by atoms with Crippen LogP contribution in [-0.4, -0.2) is 38.9 Å². The summed E-state index contributed by atoms with van der Waals surface area (Å²) in [6.07, 6.45) is 4.88. The van der Waals surface area contributed by atoms with Crippen molar-refractivity contribution in [1.82, 2.24) is 19.8 Å². The molecule has 2 fully saturated rings. The van der Waals surface area contributed by atoms with Crippen LogP contribution < -0.4 is 5.32 Å². The Hall–Kier alpha value is -2.37. The first-order valence-corrected chi connectivity index (χ1v) is 10.1. The highest BCUT2D eigenvalue weighted by atomic mass is 16.2. The average Bonchev–Trinajstić information content (AvgIpc) is 3.36. The van der Waals surface area contributed by atoms with Gasteiger partial charge >= 0.3 is 0 Å². The van der Waals surface area contributed by atoms with Gasteiger partial charge in [-0.15, -0.1) is 0 Å². The number of imidazole rings is 1. The van der Waals surface area contributed by atoms with Gasteiger partial charge in [0.25, 0.3) is 0 Å². The van der Waals surface area contributed by atoms with Gasteiger partial charge in [0, 0.05) is 25.0 Å². The summed E-state index contributed by atoms with van der Waals surface area (Å²) in [6.45, 7) is 5.19. The normalized spacial score (nSPS) is 20.9. The van der Waals surface area contributed by atoms with Crippen molar-refractivity contribution in [3.8, 4) is 0 Å². The van der Waals surface area contributed by atoms with Crippen LogP contribution in [-0.2, 0) is 16.1 Å². The average molecular weight is 368 g/mol. The molecule has 1 aromatic heterocycles. The minimum absolute atomic E-state index is 0.0359. The smallest absolute Gasteiger partial charge is 0.225 e. The molecule has 1 N–H and O–H groups in total. The van der Waals surface area contributed by atoms with E-state index < -0.39 is 0 Å². The van der Waals surface area contributed by atoms with E-state index in [0.29, 0.717) is 25.6 Å². The molecule has 6 heteroatoms. The minimum Gasteiger partial charge on any atom is -0.349 e. The molecule has 1 saturated carbocycles. The Kier molecular flexibility index (Phi) is 4.89. The van der Waals surface area contributed by atoms with Gasteiger partial charge in [-0.1, -0.05) is 25.0 Å². The Bertz CT molecular complexity index is 851. The Labute approximate surface area is 159 Å². The lowest BCUT2D eigenvalue weighted by Crippen LogP contribution is -2.37. The lowest BCUT2D eigenvalue weighted by Gasteiger charge is -2.23. The zero-order valence-electron chi connectivity index (χ0n) is 16.1. The van der Waals surface area contributed by atoms with E-state index in [1.54, 1.807) is 0 Å². The topological polar surface area (TPSA) is 67.2 Å². The van der Waals surface area contributed by atoms with Gasteiger partial charge in [-0.3, -0.25) is 9.59 Å². The largest absolute Gasteiger partial charge is 0.349 e. The Morgan fingerprint density at radius 3 is 2.74 bits per heavy atom. The molecular formula is C21H28N4O2. The third kappa shape index (κ3) is 3.45. The fraction of sp³-hybridized carbons (Fsp3) is 0.571. The monoisotopic (exact) mass is 368 g/mol. The van der Waals surface area contributed by atoms with Gasteiger partial charge in [-0.05, 0) is 38.8 Å². The molecule has 2 aromatic rings. The van der Waals surface area contributed by atoms with Crippen LogP contribution in [0.2, 0.25) is 0 Å². The van der Waals surface area contributed by atoms with E-state index in [4.69, 9.17) is 4.98 Å². The van der Waals surface area contributed by atoms with E-state index >= 15 is 0 Å². The summed E-state index contributed by atoms with van der Waals surface area (Å²) >= 11 is 0. The highest BCUT2D eigenvalue weighted by molar-refractivity contribution is 5.89. The van der Waals surface area contributed by atoms with Crippen LogP contribution in [0, 0.1) is 5.92 Å². The van der Waals surface area contributed by atoms with Crippen LogP contribution in [0.25, 0.3) is 11.0 Å². The molecule has 0 radical (unpaired) electrons. The standard InChI is InChI=1S/C21H28N4O2/c1-14(2)25-18-10-6-5-9-17(18)23-19(25)12-22-21(27)15-11-20(26)24(13-15)16-7-3-4-8-16/h5-6,9-10,14-16H,3-4,7-8,11-13H2,1-2H3,(H,22,27). The number of benzene rings is 1. The first kappa shape index (κ1) is 18.0. The molecule has 1 aliphatic carbocycles. The van der Waals surface area contributed by atoms with Gasteiger partial charge in [0.15, 0.2) is 0 Å². The number of likely N-dealkylation sites (tertiary alicyclic amines) is 1. The van der Waals surface area contributed by atoms with E-state index in [1.807, 2.05) is 23.1 Å². The molecule has 2 amide bonds. The number of fused-ring (bicyclic) bond motifs is 1. The first-order valence-electron chi connectivity index (χ1n) is 10.1. The first-order chi connectivity index (χ1) is 13.0. The number of carbonyl (C=O) groups excluding carboxylic acids is 2. The lowest BCUT2D eigenvalue weighted by atomic mass is 10.1. The summed E-state index contributed by atoms with van der Waals surface area (Å²) in [5, 5.41) is 3.03. The number of amides is 2. The van der Waals surface area contributed by atoms with Crippen molar-refractivity contribution in [1.29, 1.82) is 0 Å². The summed E-state index contributed by atoms with van der Waals surface area (Å²) in [6, 6.07) is 8.64. The number of nitrogens with zero attached hydrogens (tertiary/aromatic N) is 3. The van der Waals surface area contributed by atoms with Crippen LogP contribution in [0.4, 0.5) is 0 Å². The maximum Gasteiger partial charge on any atom is 0.225 e. The quantitative estimate of drug-likeness (QED) is 0.882. The molecule has 2 heterocycles. The second-order valence-electron chi connectivity index (χ2n) is 8.08. The van der Waals surface area contributed by atoms with Gasteiger partial charge in [-0.25, -0.2) is 4.98 Å². The molecule has 1 saturated heterocycles. The number of hydrogen-bond donors (Lipinski definition) is 1. The van der Waals surface area contributed by atoms with Crippen LogP contribution in [0.1, 0.15) is 57.8 Å². The number of aromatic nitrogens is 2. The Morgan fingerprint density at radius 2 is 2.00 bits per heavy atom. The molecule has 1 aromatic carbocycles. The second-order valence-corrected chi connectivity index (χ2v) is 8.08. The van der Waals surface area contributed by atoms with E-state index in [9.17, 15) is 9.59 Å². The van der Waals surface area contributed by atoms with E-state index in [0.717, 1.165) is 29.7 Å². The summed E-state index contributed by atoms with van der Waals surface area (Å²) in [5.41, 5.74) is 2.03. The van der Waals surface area contributed by atoms with Gasteiger partial charge in [0.1, 0.15) is 5.82 Å². The van der Waals surface area contributed by atoms with Crippen molar-refractivity contribution >= 4 is 22.8 Å². The van der Waals surface area contributed by atoms with Crippen LogP contribution in [0.5, 0.6) is 0 Å². The zero-order chi connectivity index (χ0) is 19.0. The van der Waals surface area contributed by atoms with Crippen molar-refractivity contribution in [2.45, 2.75) is 64.6 Å². The molecule has 6 nitrogen and oxygen atoms in total. The number of rotatable bonds is 5. The van der Waals surface area contributed by atoms with Crippen molar-refractivity contribution in [3.63, 3.8) is 0 Å². The van der Waals surface area contributed by atoms with Gasteiger partial charge in [-0.2, -0.15) is 0 Å². The molecule has 2 aliphatic rings.